The van der Waals surface area contributed by atoms with E-state index in [0.29, 0.717) is 6.01 Å². The average Bonchev–Trinajstić information content (AvgIpc) is 2.72. The van der Waals surface area contributed by atoms with E-state index in [1.807, 2.05) is 19.3 Å². The molecule has 0 bridgehead atoms. The van der Waals surface area contributed by atoms with E-state index in [9.17, 15) is 0 Å². The van der Waals surface area contributed by atoms with E-state index in [-0.39, 0.29) is 0 Å². The summed E-state index contributed by atoms with van der Waals surface area (Å²) in [6.45, 7) is 0.726. The van der Waals surface area contributed by atoms with Crippen LogP contribution in [0.5, 0.6) is 0 Å². The molecule has 4 heteroatoms. The Morgan fingerprint density at radius 3 is 3.15 bits per heavy atom. The van der Waals surface area contributed by atoms with Crippen LogP contribution in [0.15, 0.2) is 35.2 Å². The highest BCUT2D eigenvalue weighted by molar-refractivity contribution is 5.20. The zero-order valence-corrected chi connectivity index (χ0v) is 7.40. The monoisotopic (exact) mass is 177 g/mol. The lowest BCUT2D eigenvalue weighted by atomic mass is 10.4. The molecule has 0 saturated heterocycles. The maximum Gasteiger partial charge on any atom is 0.294 e. The van der Waals surface area contributed by atoms with Crippen LogP contribution in [0.4, 0.5) is 6.01 Å². The van der Waals surface area contributed by atoms with Crippen LogP contribution in [-0.2, 0) is 13.6 Å². The molecule has 0 amide bonds. The first-order valence-electron chi connectivity index (χ1n) is 4.10. The molecule has 0 radical (unpaired) electrons. The van der Waals surface area contributed by atoms with Gasteiger partial charge in [-0.2, -0.15) is 0 Å². The third-order valence-corrected chi connectivity index (χ3v) is 1.90. The van der Waals surface area contributed by atoms with Crippen LogP contribution in [0.3, 0.4) is 0 Å². The lowest BCUT2D eigenvalue weighted by Crippen LogP contribution is -2.03. The maximum atomic E-state index is 5.04. The van der Waals surface area contributed by atoms with Crippen molar-refractivity contribution in [1.82, 2.24) is 9.55 Å². The minimum Gasteiger partial charge on any atom is -0.432 e. The van der Waals surface area contributed by atoms with Gasteiger partial charge in [-0.15, -0.1) is 0 Å². The standard InChI is InChI=1S/C9H11N3O/c1-12-5-2-3-8(12)7-11-9-10-4-6-13-9/h2-6H,7H2,1H3,(H,10,11). The van der Waals surface area contributed by atoms with Crippen LogP contribution < -0.4 is 5.32 Å². The fourth-order valence-corrected chi connectivity index (χ4v) is 1.16. The van der Waals surface area contributed by atoms with Crippen LogP contribution in [0.25, 0.3) is 0 Å². The summed E-state index contributed by atoms with van der Waals surface area (Å²) >= 11 is 0. The van der Waals surface area contributed by atoms with Crippen molar-refractivity contribution in [2.24, 2.45) is 7.05 Å². The third kappa shape index (κ3) is 1.72. The van der Waals surface area contributed by atoms with Gasteiger partial charge in [-0.1, -0.05) is 0 Å². The Morgan fingerprint density at radius 2 is 2.54 bits per heavy atom. The number of nitrogens with zero attached hydrogens (tertiary/aromatic N) is 2. The normalized spacial score (nSPS) is 10.2. The summed E-state index contributed by atoms with van der Waals surface area (Å²) < 4.78 is 7.09. The SMILES string of the molecule is Cn1cccc1CNc1ncco1. The van der Waals surface area contributed by atoms with E-state index in [1.165, 1.54) is 5.69 Å². The number of oxazole rings is 1. The van der Waals surface area contributed by atoms with Crippen molar-refractivity contribution in [3.63, 3.8) is 0 Å². The lowest BCUT2D eigenvalue weighted by molar-refractivity contribution is 0.569. The summed E-state index contributed by atoms with van der Waals surface area (Å²) in [5.41, 5.74) is 1.19. The summed E-state index contributed by atoms with van der Waals surface area (Å²) in [4.78, 5) is 3.96. The summed E-state index contributed by atoms with van der Waals surface area (Å²) in [7, 11) is 2.01. The van der Waals surface area contributed by atoms with Gasteiger partial charge in [0.15, 0.2) is 0 Å². The molecule has 0 unspecified atom stereocenters. The first-order valence-corrected chi connectivity index (χ1v) is 4.10. The number of nitrogens with one attached hydrogen (secondary N) is 1. The molecule has 2 heterocycles. The van der Waals surface area contributed by atoms with Gasteiger partial charge in [0.2, 0.25) is 0 Å². The molecule has 0 aliphatic heterocycles. The van der Waals surface area contributed by atoms with E-state index in [4.69, 9.17) is 4.42 Å². The molecule has 0 fully saturated rings. The highest BCUT2D eigenvalue weighted by Crippen LogP contribution is 2.05. The first kappa shape index (κ1) is 7.91. The molecule has 0 aliphatic carbocycles. The van der Waals surface area contributed by atoms with E-state index in [0.717, 1.165) is 6.54 Å². The predicted molar refractivity (Wildman–Crippen MR) is 49.2 cm³/mol. The summed E-state index contributed by atoms with van der Waals surface area (Å²) in [6.07, 6.45) is 5.17. The molecule has 13 heavy (non-hydrogen) atoms. The predicted octanol–water partition coefficient (Wildman–Crippen LogP) is 1.63. The Bertz CT molecular complexity index is 364. The number of aromatic nitrogens is 2. The molecule has 68 valence electrons. The van der Waals surface area contributed by atoms with E-state index >= 15 is 0 Å². The summed E-state index contributed by atoms with van der Waals surface area (Å²) in [5, 5.41) is 3.07. The van der Waals surface area contributed by atoms with Crippen LogP contribution in [0.2, 0.25) is 0 Å². The number of aryl methyl sites for hydroxylation is 1. The van der Waals surface area contributed by atoms with Gasteiger partial charge in [0.25, 0.3) is 6.01 Å². The topological polar surface area (TPSA) is 43.0 Å². The van der Waals surface area contributed by atoms with Crippen molar-refractivity contribution < 1.29 is 4.42 Å². The third-order valence-electron chi connectivity index (χ3n) is 1.90. The second-order valence-corrected chi connectivity index (χ2v) is 2.80. The van der Waals surface area contributed by atoms with Gasteiger partial charge in [-0.3, -0.25) is 0 Å². The van der Waals surface area contributed by atoms with Crippen molar-refractivity contribution in [2.75, 3.05) is 5.32 Å². The summed E-state index contributed by atoms with van der Waals surface area (Å²) in [5.74, 6) is 0. The molecule has 2 aromatic heterocycles. The second kappa shape index (κ2) is 3.35. The van der Waals surface area contributed by atoms with Crippen LogP contribution in [0, 0.1) is 0 Å². The quantitative estimate of drug-likeness (QED) is 0.774. The molecule has 0 spiro atoms. The Labute approximate surface area is 76.2 Å². The first-order chi connectivity index (χ1) is 6.36. The molecule has 0 aromatic carbocycles. The highest BCUT2D eigenvalue weighted by Gasteiger charge is 1.98. The minimum absolute atomic E-state index is 0.557. The van der Waals surface area contributed by atoms with Crippen LogP contribution in [-0.4, -0.2) is 9.55 Å². The van der Waals surface area contributed by atoms with Gasteiger partial charge in [-0.05, 0) is 12.1 Å². The molecular formula is C9H11N3O. The van der Waals surface area contributed by atoms with Gasteiger partial charge in [0, 0.05) is 18.9 Å². The zero-order chi connectivity index (χ0) is 9.10. The smallest absolute Gasteiger partial charge is 0.294 e. The largest absolute Gasteiger partial charge is 0.432 e. The van der Waals surface area contributed by atoms with Crippen molar-refractivity contribution in [3.8, 4) is 0 Å². The van der Waals surface area contributed by atoms with Crippen molar-refractivity contribution >= 4 is 6.01 Å². The van der Waals surface area contributed by atoms with Gasteiger partial charge >= 0.3 is 0 Å². The van der Waals surface area contributed by atoms with E-state index in [1.54, 1.807) is 12.5 Å². The number of rotatable bonds is 3. The number of hydrogen-bond donors (Lipinski definition) is 1. The fraction of sp³-hybridized carbons (Fsp3) is 0.222. The van der Waals surface area contributed by atoms with Crippen molar-refractivity contribution in [1.29, 1.82) is 0 Å². The molecule has 2 aromatic rings. The van der Waals surface area contributed by atoms with Crippen LogP contribution in [0.1, 0.15) is 5.69 Å². The number of hydrogen-bond acceptors (Lipinski definition) is 3. The molecular weight excluding hydrogens is 166 g/mol. The average molecular weight is 177 g/mol. The Morgan fingerprint density at radius 1 is 1.62 bits per heavy atom. The van der Waals surface area contributed by atoms with Crippen molar-refractivity contribution in [3.05, 3.63) is 36.5 Å². The van der Waals surface area contributed by atoms with Gasteiger partial charge in [0.1, 0.15) is 6.26 Å². The Balaban J connectivity index is 1.97. The molecule has 0 saturated carbocycles. The molecule has 0 aliphatic rings. The van der Waals surface area contributed by atoms with Gasteiger partial charge in [-0.25, -0.2) is 4.98 Å². The fourth-order valence-electron chi connectivity index (χ4n) is 1.16. The summed E-state index contributed by atoms with van der Waals surface area (Å²) in [6, 6.07) is 4.61. The van der Waals surface area contributed by atoms with Gasteiger partial charge < -0.3 is 14.3 Å². The Kier molecular flexibility index (Phi) is 2.04. The zero-order valence-electron chi connectivity index (χ0n) is 7.40. The minimum atomic E-state index is 0.557. The molecule has 2 rings (SSSR count). The molecule has 1 N–H and O–H groups in total. The van der Waals surface area contributed by atoms with E-state index in [2.05, 4.69) is 20.9 Å². The second-order valence-electron chi connectivity index (χ2n) is 2.80. The maximum absolute atomic E-state index is 5.04. The molecule has 0 atom stereocenters. The number of anilines is 1. The lowest BCUT2D eigenvalue weighted by Gasteiger charge is -2.02. The van der Waals surface area contributed by atoms with E-state index < -0.39 is 0 Å². The van der Waals surface area contributed by atoms with Crippen LogP contribution >= 0.6 is 0 Å². The van der Waals surface area contributed by atoms with Crippen molar-refractivity contribution in [2.45, 2.75) is 6.54 Å². The highest BCUT2D eigenvalue weighted by atomic mass is 16.4. The molecule has 4 nitrogen and oxygen atoms in total. The Hall–Kier alpha value is -1.71. The van der Waals surface area contributed by atoms with Gasteiger partial charge in [0.05, 0.1) is 12.7 Å².